The van der Waals surface area contributed by atoms with Gasteiger partial charge in [0.1, 0.15) is 0 Å². The minimum absolute atomic E-state index is 0.334. The molecule has 0 saturated carbocycles. The molecule has 0 aromatic rings. The van der Waals surface area contributed by atoms with Gasteiger partial charge in [0.15, 0.2) is 0 Å². The van der Waals surface area contributed by atoms with Crippen molar-refractivity contribution in [2.75, 3.05) is 39.3 Å². The van der Waals surface area contributed by atoms with Crippen LogP contribution in [0.1, 0.15) is 38.5 Å². The third-order valence-corrected chi connectivity index (χ3v) is 5.43. The summed E-state index contributed by atoms with van der Waals surface area (Å²) >= 11 is 0. The number of rotatable bonds is 2. The van der Waals surface area contributed by atoms with Crippen molar-refractivity contribution in [2.45, 2.75) is 44.1 Å². The van der Waals surface area contributed by atoms with Crippen molar-refractivity contribution in [2.24, 2.45) is 11.7 Å². The predicted molar refractivity (Wildman–Crippen MR) is 71.0 cm³/mol. The fourth-order valence-electron chi connectivity index (χ4n) is 4.38. The largest absolute Gasteiger partial charge is 0.329 e. The molecule has 4 saturated heterocycles. The predicted octanol–water partition coefficient (Wildman–Crippen LogP) is 1.29. The Morgan fingerprint density at radius 2 is 1.59 bits per heavy atom. The molecular weight excluding hydrogens is 210 g/mol. The van der Waals surface area contributed by atoms with Crippen LogP contribution in [0, 0.1) is 5.92 Å². The van der Waals surface area contributed by atoms with Crippen molar-refractivity contribution in [3.8, 4) is 0 Å². The highest BCUT2D eigenvalue weighted by Crippen LogP contribution is 2.40. The summed E-state index contributed by atoms with van der Waals surface area (Å²) < 4.78 is 0. The Bertz CT molecular complexity index is 252. The van der Waals surface area contributed by atoms with Crippen LogP contribution in [-0.4, -0.2) is 54.6 Å². The summed E-state index contributed by atoms with van der Waals surface area (Å²) in [5.41, 5.74) is 6.57. The van der Waals surface area contributed by atoms with Crippen molar-refractivity contribution >= 4 is 0 Å². The smallest absolute Gasteiger partial charge is 0.0487 e. The van der Waals surface area contributed by atoms with E-state index in [-0.39, 0.29) is 0 Å². The molecule has 1 unspecified atom stereocenters. The number of hydrogen-bond acceptors (Lipinski definition) is 3. The highest BCUT2D eigenvalue weighted by atomic mass is 15.3. The van der Waals surface area contributed by atoms with Gasteiger partial charge in [0.25, 0.3) is 0 Å². The van der Waals surface area contributed by atoms with Gasteiger partial charge >= 0.3 is 0 Å². The molecule has 0 amide bonds. The zero-order valence-electron chi connectivity index (χ0n) is 11.0. The van der Waals surface area contributed by atoms with Crippen molar-refractivity contribution in [1.29, 1.82) is 0 Å². The molecule has 0 aromatic carbocycles. The minimum atomic E-state index is 0.334. The highest BCUT2D eigenvalue weighted by molar-refractivity contribution is 5.06. The molecule has 4 aliphatic heterocycles. The maximum absolute atomic E-state index is 6.24. The van der Waals surface area contributed by atoms with E-state index in [1.807, 2.05) is 0 Å². The van der Waals surface area contributed by atoms with E-state index in [0.717, 1.165) is 12.5 Å². The lowest BCUT2D eigenvalue weighted by atomic mass is 9.71. The van der Waals surface area contributed by atoms with E-state index in [1.165, 1.54) is 71.2 Å². The fraction of sp³-hybridized carbons (Fsp3) is 1.00. The van der Waals surface area contributed by atoms with E-state index in [2.05, 4.69) is 9.80 Å². The van der Waals surface area contributed by atoms with E-state index in [0.29, 0.717) is 5.54 Å². The summed E-state index contributed by atoms with van der Waals surface area (Å²) in [4.78, 5) is 5.42. The normalized spacial score (nSPS) is 43.6. The van der Waals surface area contributed by atoms with Crippen LogP contribution >= 0.6 is 0 Å². The molecule has 4 aliphatic rings. The average Bonchev–Trinajstić information content (AvgIpc) is 2.69. The van der Waals surface area contributed by atoms with Crippen LogP contribution < -0.4 is 5.73 Å². The van der Waals surface area contributed by atoms with E-state index < -0.39 is 0 Å². The number of nitrogens with zero attached hydrogens (tertiary/aromatic N) is 2. The molecule has 0 radical (unpaired) electrons. The third-order valence-electron chi connectivity index (χ3n) is 5.43. The van der Waals surface area contributed by atoms with Gasteiger partial charge in [-0.1, -0.05) is 12.8 Å². The molecule has 1 atom stereocenters. The van der Waals surface area contributed by atoms with Gasteiger partial charge in [-0.2, -0.15) is 0 Å². The monoisotopic (exact) mass is 237 g/mol. The maximum atomic E-state index is 6.24. The summed E-state index contributed by atoms with van der Waals surface area (Å²) in [6.07, 6.45) is 8.38. The molecular formula is C14H27N3. The second kappa shape index (κ2) is 4.87. The zero-order chi connectivity index (χ0) is 11.7. The van der Waals surface area contributed by atoms with E-state index in [1.54, 1.807) is 0 Å². The van der Waals surface area contributed by atoms with E-state index >= 15 is 0 Å². The van der Waals surface area contributed by atoms with Crippen LogP contribution in [0.2, 0.25) is 0 Å². The second-order valence-electron chi connectivity index (χ2n) is 6.26. The average molecular weight is 237 g/mol. The molecule has 4 rings (SSSR count). The summed E-state index contributed by atoms with van der Waals surface area (Å²) in [5, 5.41) is 0. The van der Waals surface area contributed by atoms with Crippen LogP contribution in [0.3, 0.4) is 0 Å². The van der Waals surface area contributed by atoms with Gasteiger partial charge in [-0.3, -0.25) is 4.90 Å². The van der Waals surface area contributed by atoms with Crippen LogP contribution in [0.4, 0.5) is 0 Å². The van der Waals surface area contributed by atoms with Gasteiger partial charge in [-0.15, -0.1) is 0 Å². The molecule has 0 aliphatic carbocycles. The Hall–Kier alpha value is -0.120. The highest BCUT2D eigenvalue weighted by Gasteiger charge is 2.49. The minimum Gasteiger partial charge on any atom is -0.329 e. The maximum Gasteiger partial charge on any atom is 0.0487 e. The summed E-state index contributed by atoms with van der Waals surface area (Å²) in [6.45, 7) is 7.34. The number of fused-ring (bicyclic) bond motifs is 3. The Balaban J connectivity index is 1.80. The molecule has 2 N–H and O–H groups in total. The Kier molecular flexibility index (Phi) is 3.42. The SMILES string of the molecule is NCC1(N2CCCCCC2)CN2CCC1CC2. The van der Waals surface area contributed by atoms with Crippen molar-refractivity contribution in [3.63, 3.8) is 0 Å². The fourth-order valence-corrected chi connectivity index (χ4v) is 4.38. The van der Waals surface area contributed by atoms with Crippen LogP contribution in [0.15, 0.2) is 0 Å². The number of nitrogens with two attached hydrogens (primary N) is 1. The lowest BCUT2D eigenvalue weighted by Crippen LogP contribution is -2.70. The lowest BCUT2D eigenvalue weighted by Gasteiger charge is -2.57. The number of hydrogen-bond donors (Lipinski definition) is 1. The van der Waals surface area contributed by atoms with E-state index in [4.69, 9.17) is 5.73 Å². The van der Waals surface area contributed by atoms with Gasteiger partial charge in [0.2, 0.25) is 0 Å². The first-order valence-corrected chi connectivity index (χ1v) is 7.53. The molecule has 4 heterocycles. The molecule has 3 heteroatoms. The Labute approximate surface area is 105 Å². The molecule has 2 bridgehead atoms. The van der Waals surface area contributed by atoms with Crippen LogP contribution in [0.5, 0.6) is 0 Å². The van der Waals surface area contributed by atoms with Crippen LogP contribution in [0.25, 0.3) is 0 Å². The quantitative estimate of drug-likeness (QED) is 0.785. The second-order valence-corrected chi connectivity index (χ2v) is 6.26. The third kappa shape index (κ3) is 2.02. The van der Waals surface area contributed by atoms with Gasteiger partial charge in [-0.25, -0.2) is 0 Å². The molecule has 0 spiro atoms. The number of likely N-dealkylation sites (tertiary alicyclic amines) is 1. The molecule has 0 aromatic heterocycles. The Morgan fingerprint density at radius 1 is 0.941 bits per heavy atom. The zero-order valence-corrected chi connectivity index (χ0v) is 11.0. The standard InChI is InChI=1S/C14H27N3/c15-11-14(17-7-3-1-2-4-8-17)12-16-9-5-13(14)6-10-16/h13H,1-12,15H2. The molecule has 17 heavy (non-hydrogen) atoms. The molecule has 98 valence electrons. The van der Waals surface area contributed by atoms with Gasteiger partial charge in [0, 0.05) is 18.6 Å². The van der Waals surface area contributed by atoms with Gasteiger partial charge in [-0.05, 0) is 57.8 Å². The van der Waals surface area contributed by atoms with Crippen LogP contribution in [-0.2, 0) is 0 Å². The van der Waals surface area contributed by atoms with E-state index in [9.17, 15) is 0 Å². The van der Waals surface area contributed by atoms with Crippen molar-refractivity contribution in [1.82, 2.24) is 9.80 Å². The summed E-state index contributed by atoms with van der Waals surface area (Å²) in [7, 11) is 0. The van der Waals surface area contributed by atoms with Gasteiger partial charge in [0.05, 0.1) is 0 Å². The van der Waals surface area contributed by atoms with Crippen molar-refractivity contribution in [3.05, 3.63) is 0 Å². The van der Waals surface area contributed by atoms with Crippen molar-refractivity contribution < 1.29 is 0 Å². The Morgan fingerprint density at radius 3 is 2.06 bits per heavy atom. The first-order chi connectivity index (χ1) is 8.35. The van der Waals surface area contributed by atoms with Gasteiger partial charge < -0.3 is 10.6 Å². The topological polar surface area (TPSA) is 32.5 Å². The lowest BCUT2D eigenvalue weighted by molar-refractivity contribution is -0.0659. The number of piperidine rings is 3. The summed E-state index contributed by atoms with van der Waals surface area (Å²) in [6, 6.07) is 0. The molecule has 3 nitrogen and oxygen atoms in total. The first-order valence-electron chi connectivity index (χ1n) is 7.53. The first kappa shape index (κ1) is 11.9. The summed E-state index contributed by atoms with van der Waals surface area (Å²) in [5.74, 6) is 0.871. The molecule has 4 fully saturated rings.